The molecule has 0 aromatic heterocycles. The van der Waals surface area contributed by atoms with Gasteiger partial charge in [0.2, 0.25) is 0 Å². The summed E-state index contributed by atoms with van der Waals surface area (Å²) >= 11 is 0. The summed E-state index contributed by atoms with van der Waals surface area (Å²) in [6.07, 6.45) is 1.32. The normalized spacial score (nSPS) is 11.0. The molecule has 0 unspecified atom stereocenters. The van der Waals surface area contributed by atoms with Crippen LogP contribution in [0.5, 0.6) is 11.5 Å². The first-order chi connectivity index (χ1) is 13.0. The van der Waals surface area contributed by atoms with Crippen LogP contribution in [-0.2, 0) is 4.79 Å². The van der Waals surface area contributed by atoms with Crippen molar-refractivity contribution >= 4 is 28.1 Å². The van der Waals surface area contributed by atoms with Crippen molar-refractivity contribution in [2.24, 2.45) is 0 Å². The van der Waals surface area contributed by atoms with Crippen molar-refractivity contribution in [3.05, 3.63) is 71.9 Å². The van der Waals surface area contributed by atoms with E-state index in [0.29, 0.717) is 22.1 Å². The number of nitriles is 1. The molecule has 0 atom stereocenters. The van der Waals surface area contributed by atoms with Crippen molar-refractivity contribution in [2.75, 3.05) is 10.6 Å². The summed E-state index contributed by atoms with van der Waals surface area (Å²) in [5.41, 5.74) is 1.83. The first-order valence-electron chi connectivity index (χ1n) is 8.18. The molecule has 0 saturated heterocycles. The van der Waals surface area contributed by atoms with Crippen LogP contribution in [0.4, 0.5) is 11.4 Å². The maximum Gasteiger partial charge on any atom is 0.267 e. The summed E-state index contributed by atoms with van der Waals surface area (Å²) in [5, 5.41) is 35.6. The number of aromatic hydroxyl groups is 2. The molecule has 6 heteroatoms. The van der Waals surface area contributed by atoms with E-state index in [-0.39, 0.29) is 17.1 Å². The highest BCUT2D eigenvalue weighted by atomic mass is 16.3. The smallest absolute Gasteiger partial charge is 0.267 e. The van der Waals surface area contributed by atoms with E-state index in [1.165, 1.54) is 12.3 Å². The number of nitrogens with one attached hydrogen (secondary N) is 2. The molecular weight excluding hydrogens is 342 g/mol. The van der Waals surface area contributed by atoms with Crippen LogP contribution in [0.1, 0.15) is 5.56 Å². The maximum atomic E-state index is 12.5. The number of benzene rings is 3. The van der Waals surface area contributed by atoms with Gasteiger partial charge in [-0.25, -0.2) is 0 Å². The Morgan fingerprint density at radius 2 is 1.78 bits per heavy atom. The van der Waals surface area contributed by atoms with E-state index >= 15 is 0 Å². The Balaban J connectivity index is 1.84. The third kappa shape index (κ3) is 3.83. The number of aryl methyl sites for hydroxylation is 1. The highest BCUT2D eigenvalue weighted by Crippen LogP contribution is 2.30. The van der Waals surface area contributed by atoms with E-state index in [1.54, 1.807) is 55.5 Å². The minimum Gasteiger partial charge on any atom is -0.508 e. The molecule has 3 aromatic rings. The fraction of sp³-hybridized carbons (Fsp3) is 0.0476. The molecule has 3 rings (SSSR count). The molecule has 0 aliphatic heterocycles. The van der Waals surface area contributed by atoms with Crippen molar-refractivity contribution in [1.82, 2.24) is 0 Å². The Morgan fingerprint density at radius 1 is 1.04 bits per heavy atom. The quantitative estimate of drug-likeness (QED) is 0.320. The Kier molecular flexibility index (Phi) is 4.95. The summed E-state index contributed by atoms with van der Waals surface area (Å²) in [4.78, 5) is 12.5. The molecule has 0 aliphatic rings. The SMILES string of the molecule is Cc1cc(O)ccc1N/C=C(/C#N)C(=O)Nc1cccc2c(O)cccc12. The number of carbonyl (C=O) groups is 1. The van der Waals surface area contributed by atoms with Crippen LogP contribution in [0.3, 0.4) is 0 Å². The highest BCUT2D eigenvalue weighted by Gasteiger charge is 2.12. The van der Waals surface area contributed by atoms with Gasteiger partial charge in [0.05, 0.1) is 0 Å². The summed E-state index contributed by atoms with van der Waals surface area (Å²) in [6, 6.07) is 16.8. The van der Waals surface area contributed by atoms with Crippen LogP contribution in [0.2, 0.25) is 0 Å². The second kappa shape index (κ2) is 7.50. The summed E-state index contributed by atoms with van der Waals surface area (Å²) in [7, 11) is 0. The van der Waals surface area contributed by atoms with Gasteiger partial charge in [-0.15, -0.1) is 0 Å². The topological polar surface area (TPSA) is 105 Å². The van der Waals surface area contributed by atoms with E-state index in [9.17, 15) is 20.3 Å². The zero-order valence-corrected chi connectivity index (χ0v) is 14.5. The Morgan fingerprint density at radius 3 is 2.52 bits per heavy atom. The number of hydrogen-bond acceptors (Lipinski definition) is 5. The number of rotatable bonds is 4. The number of amides is 1. The minimum absolute atomic E-state index is 0.111. The third-order valence-electron chi connectivity index (χ3n) is 4.09. The van der Waals surface area contributed by atoms with Gasteiger partial charge in [0.25, 0.3) is 5.91 Å². The predicted molar refractivity (Wildman–Crippen MR) is 104 cm³/mol. The zero-order valence-electron chi connectivity index (χ0n) is 14.5. The molecule has 0 saturated carbocycles. The lowest BCUT2D eigenvalue weighted by Gasteiger charge is -2.10. The Hall–Kier alpha value is -3.98. The van der Waals surface area contributed by atoms with Gasteiger partial charge in [0.1, 0.15) is 23.1 Å². The zero-order chi connectivity index (χ0) is 19.4. The number of phenols is 2. The average molecular weight is 359 g/mol. The standard InChI is InChI=1S/C21H17N3O3/c1-13-10-15(25)8-9-18(13)23-12-14(11-22)21(27)24-19-6-2-5-17-16(19)4-3-7-20(17)26/h2-10,12,23,25-26H,1H3,(H,24,27)/b14-12-. The van der Waals surface area contributed by atoms with Crippen molar-refractivity contribution in [2.45, 2.75) is 6.92 Å². The van der Waals surface area contributed by atoms with E-state index in [2.05, 4.69) is 10.6 Å². The van der Waals surface area contributed by atoms with Crippen LogP contribution in [0.15, 0.2) is 66.4 Å². The van der Waals surface area contributed by atoms with Crippen LogP contribution < -0.4 is 10.6 Å². The summed E-state index contributed by atoms with van der Waals surface area (Å²) in [5.74, 6) is -0.319. The second-order valence-corrected chi connectivity index (χ2v) is 5.95. The molecule has 27 heavy (non-hydrogen) atoms. The monoisotopic (exact) mass is 359 g/mol. The molecule has 4 N–H and O–H groups in total. The van der Waals surface area contributed by atoms with Crippen molar-refractivity contribution in [3.63, 3.8) is 0 Å². The molecule has 0 aliphatic carbocycles. The van der Waals surface area contributed by atoms with Crippen LogP contribution in [-0.4, -0.2) is 16.1 Å². The molecule has 1 amide bonds. The van der Waals surface area contributed by atoms with Gasteiger partial charge in [-0.3, -0.25) is 4.79 Å². The Labute approximate surface area is 156 Å². The van der Waals surface area contributed by atoms with Gasteiger partial charge >= 0.3 is 0 Å². The van der Waals surface area contributed by atoms with E-state index < -0.39 is 5.91 Å². The first kappa shape index (κ1) is 17.8. The second-order valence-electron chi connectivity index (χ2n) is 5.95. The fourth-order valence-corrected chi connectivity index (χ4v) is 2.70. The largest absolute Gasteiger partial charge is 0.508 e. The lowest BCUT2D eigenvalue weighted by atomic mass is 10.1. The van der Waals surface area contributed by atoms with Gasteiger partial charge in [0.15, 0.2) is 0 Å². The summed E-state index contributed by atoms with van der Waals surface area (Å²) in [6.45, 7) is 1.80. The molecule has 3 aromatic carbocycles. The lowest BCUT2D eigenvalue weighted by molar-refractivity contribution is -0.112. The molecule has 0 heterocycles. The fourth-order valence-electron chi connectivity index (χ4n) is 2.70. The number of phenolic OH excluding ortho intramolecular Hbond substituents is 2. The molecule has 0 fully saturated rings. The van der Waals surface area contributed by atoms with Crippen molar-refractivity contribution in [3.8, 4) is 17.6 Å². The third-order valence-corrected chi connectivity index (χ3v) is 4.09. The van der Waals surface area contributed by atoms with Gasteiger partial charge in [-0.2, -0.15) is 5.26 Å². The van der Waals surface area contributed by atoms with E-state index in [4.69, 9.17) is 0 Å². The van der Waals surface area contributed by atoms with Crippen molar-refractivity contribution < 1.29 is 15.0 Å². The molecule has 0 bridgehead atoms. The van der Waals surface area contributed by atoms with Crippen LogP contribution >= 0.6 is 0 Å². The number of fused-ring (bicyclic) bond motifs is 1. The van der Waals surface area contributed by atoms with E-state index in [0.717, 1.165) is 5.56 Å². The van der Waals surface area contributed by atoms with Gasteiger partial charge < -0.3 is 20.8 Å². The molecule has 6 nitrogen and oxygen atoms in total. The first-order valence-corrected chi connectivity index (χ1v) is 8.18. The molecular formula is C21H17N3O3. The maximum absolute atomic E-state index is 12.5. The van der Waals surface area contributed by atoms with Crippen LogP contribution in [0.25, 0.3) is 10.8 Å². The van der Waals surface area contributed by atoms with Crippen LogP contribution in [0, 0.1) is 18.3 Å². The van der Waals surface area contributed by atoms with E-state index in [1.807, 2.05) is 6.07 Å². The molecule has 0 radical (unpaired) electrons. The minimum atomic E-state index is -0.572. The number of nitrogens with zero attached hydrogens (tertiary/aromatic N) is 1. The number of carbonyl (C=O) groups excluding carboxylic acids is 1. The predicted octanol–water partition coefficient (Wildman–Crippen LogP) is 4.02. The highest BCUT2D eigenvalue weighted by molar-refractivity contribution is 6.11. The Bertz CT molecular complexity index is 1100. The average Bonchev–Trinajstić information content (AvgIpc) is 2.64. The van der Waals surface area contributed by atoms with Gasteiger partial charge in [-0.1, -0.05) is 24.3 Å². The van der Waals surface area contributed by atoms with Gasteiger partial charge in [-0.05, 0) is 42.8 Å². The number of anilines is 2. The molecule has 134 valence electrons. The van der Waals surface area contributed by atoms with Crippen molar-refractivity contribution in [1.29, 1.82) is 5.26 Å². The lowest BCUT2D eigenvalue weighted by Crippen LogP contribution is -2.14. The van der Waals surface area contributed by atoms with Gasteiger partial charge in [0, 0.05) is 28.3 Å². The molecule has 0 spiro atoms. The summed E-state index contributed by atoms with van der Waals surface area (Å²) < 4.78 is 0. The number of hydrogen-bond donors (Lipinski definition) is 4.